The fourth-order valence-corrected chi connectivity index (χ4v) is 3.69. The van der Waals surface area contributed by atoms with Crippen molar-refractivity contribution in [1.29, 1.82) is 0 Å². The van der Waals surface area contributed by atoms with Crippen LogP contribution in [-0.4, -0.2) is 16.9 Å². The molecule has 0 saturated carbocycles. The molecule has 1 unspecified atom stereocenters. The molecule has 0 heterocycles. The highest BCUT2D eigenvalue weighted by Crippen LogP contribution is 2.18. The molecule has 0 fully saturated rings. The molecule has 7 heteroatoms. The minimum Gasteiger partial charge on any atom is -0.345 e. The molecule has 0 radical (unpaired) electrons. The van der Waals surface area contributed by atoms with Crippen molar-refractivity contribution in [2.24, 2.45) is 0 Å². The van der Waals surface area contributed by atoms with E-state index in [4.69, 9.17) is 12.2 Å². The number of thiocarbonyl (C=S) groups is 1. The van der Waals surface area contributed by atoms with Gasteiger partial charge >= 0.3 is 0 Å². The summed E-state index contributed by atoms with van der Waals surface area (Å²) < 4.78 is 0.824. The Bertz CT molecular complexity index is 1070. The van der Waals surface area contributed by atoms with Crippen molar-refractivity contribution < 1.29 is 9.59 Å². The van der Waals surface area contributed by atoms with Gasteiger partial charge in [0.2, 0.25) is 0 Å². The first kappa shape index (κ1) is 21.9. The number of carbonyl (C=O) groups excluding carboxylic acids is 2. The van der Waals surface area contributed by atoms with Gasteiger partial charge in [-0.1, -0.05) is 54.6 Å². The number of para-hydroxylation sites is 1. The highest BCUT2D eigenvalue weighted by Gasteiger charge is 2.16. The largest absolute Gasteiger partial charge is 0.345 e. The van der Waals surface area contributed by atoms with Gasteiger partial charge in [0.05, 0.1) is 22.9 Å². The third kappa shape index (κ3) is 5.64. The molecule has 0 aliphatic carbocycles. The van der Waals surface area contributed by atoms with E-state index in [0.29, 0.717) is 16.8 Å². The first-order chi connectivity index (χ1) is 14.5. The maximum atomic E-state index is 12.8. The summed E-state index contributed by atoms with van der Waals surface area (Å²) in [6.07, 6.45) is 0. The number of nitrogens with one attached hydrogen (secondary N) is 3. The molecule has 30 heavy (non-hydrogen) atoms. The number of rotatable bonds is 5. The van der Waals surface area contributed by atoms with E-state index in [1.54, 1.807) is 36.4 Å². The molecule has 5 nitrogen and oxygen atoms in total. The second-order valence-electron chi connectivity index (χ2n) is 6.54. The van der Waals surface area contributed by atoms with Crippen LogP contribution in [0.3, 0.4) is 0 Å². The van der Waals surface area contributed by atoms with Crippen LogP contribution >= 0.6 is 34.8 Å². The van der Waals surface area contributed by atoms with Gasteiger partial charge < -0.3 is 10.6 Å². The summed E-state index contributed by atoms with van der Waals surface area (Å²) in [5.41, 5.74) is 2.50. The second kappa shape index (κ2) is 10.3. The SMILES string of the molecule is CC(NC(=O)c1ccccc1NC(=S)NC(=O)c1ccccc1I)c1ccccc1. The molecule has 3 N–H and O–H groups in total. The molecular weight excluding hydrogens is 509 g/mol. The zero-order chi connectivity index (χ0) is 21.5. The van der Waals surface area contributed by atoms with Crippen molar-refractivity contribution in [3.8, 4) is 0 Å². The van der Waals surface area contributed by atoms with Crippen LogP contribution in [0.5, 0.6) is 0 Å². The van der Waals surface area contributed by atoms with Gasteiger partial charge in [-0.05, 0) is 71.6 Å². The minimum atomic E-state index is -0.308. The van der Waals surface area contributed by atoms with Crippen LogP contribution in [0.4, 0.5) is 5.69 Å². The summed E-state index contributed by atoms with van der Waals surface area (Å²) in [5.74, 6) is -0.543. The Labute approximate surface area is 194 Å². The van der Waals surface area contributed by atoms with Gasteiger partial charge in [0, 0.05) is 3.57 Å². The number of halogens is 1. The van der Waals surface area contributed by atoms with Crippen LogP contribution < -0.4 is 16.0 Å². The molecular formula is C23H20IN3O2S. The minimum absolute atomic E-state index is 0.121. The topological polar surface area (TPSA) is 70.2 Å². The lowest BCUT2D eigenvalue weighted by Gasteiger charge is -2.17. The summed E-state index contributed by atoms with van der Waals surface area (Å²) in [6, 6.07) is 23.8. The Kier molecular flexibility index (Phi) is 7.53. The van der Waals surface area contributed by atoms with Crippen molar-refractivity contribution in [3.05, 3.63) is 99.1 Å². The maximum absolute atomic E-state index is 12.8. The average Bonchev–Trinajstić information content (AvgIpc) is 2.74. The van der Waals surface area contributed by atoms with Crippen molar-refractivity contribution in [1.82, 2.24) is 10.6 Å². The summed E-state index contributed by atoms with van der Waals surface area (Å²) in [4.78, 5) is 25.3. The van der Waals surface area contributed by atoms with Crippen LogP contribution in [0.1, 0.15) is 39.2 Å². The van der Waals surface area contributed by atoms with E-state index in [1.165, 1.54) is 0 Å². The lowest BCUT2D eigenvalue weighted by atomic mass is 10.1. The Morgan fingerprint density at radius 3 is 2.13 bits per heavy atom. The quantitative estimate of drug-likeness (QED) is 0.325. The van der Waals surface area contributed by atoms with Gasteiger partial charge in [0.25, 0.3) is 11.8 Å². The van der Waals surface area contributed by atoms with E-state index < -0.39 is 0 Å². The van der Waals surface area contributed by atoms with Gasteiger partial charge in [-0.25, -0.2) is 0 Å². The third-order valence-corrected chi connectivity index (χ3v) is 5.56. The lowest BCUT2D eigenvalue weighted by Crippen LogP contribution is -2.35. The van der Waals surface area contributed by atoms with Gasteiger partial charge in [0.1, 0.15) is 0 Å². The van der Waals surface area contributed by atoms with E-state index in [1.807, 2.05) is 49.4 Å². The number of amides is 2. The smallest absolute Gasteiger partial charge is 0.258 e. The van der Waals surface area contributed by atoms with Crippen LogP contribution in [0.25, 0.3) is 0 Å². The first-order valence-corrected chi connectivity index (χ1v) is 10.8. The molecule has 152 valence electrons. The summed E-state index contributed by atoms with van der Waals surface area (Å²) in [5, 5.41) is 8.73. The molecule has 0 spiro atoms. The zero-order valence-electron chi connectivity index (χ0n) is 16.2. The Morgan fingerprint density at radius 2 is 1.43 bits per heavy atom. The number of carbonyl (C=O) groups is 2. The monoisotopic (exact) mass is 529 g/mol. The predicted molar refractivity (Wildman–Crippen MR) is 132 cm³/mol. The molecule has 0 bridgehead atoms. The van der Waals surface area contributed by atoms with E-state index >= 15 is 0 Å². The van der Waals surface area contributed by atoms with Crippen LogP contribution in [-0.2, 0) is 0 Å². The highest BCUT2D eigenvalue weighted by atomic mass is 127. The fraction of sp³-hybridized carbons (Fsp3) is 0.0870. The molecule has 0 aromatic heterocycles. The summed E-state index contributed by atoms with van der Waals surface area (Å²) in [6.45, 7) is 1.93. The highest BCUT2D eigenvalue weighted by molar-refractivity contribution is 14.1. The van der Waals surface area contributed by atoms with E-state index in [9.17, 15) is 9.59 Å². The standard InChI is InChI=1S/C23H20IN3O2S/c1-15(16-9-3-2-4-10-16)25-22(29)18-12-6-8-14-20(18)26-23(30)27-21(28)17-11-5-7-13-19(17)24/h2-15H,1H3,(H,25,29)(H2,26,27,28,30). The van der Waals surface area contributed by atoms with Gasteiger partial charge in [0.15, 0.2) is 5.11 Å². The van der Waals surface area contributed by atoms with Crippen molar-refractivity contribution in [2.45, 2.75) is 13.0 Å². The number of anilines is 1. The Hall–Kier alpha value is -2.78. The molecule has 0 saturated heterocycles. The number of hydrogen-bond donors (Lipinski definition) is 3. The summed E-state index contributed by atoms with van der Waals surface area (Å²) >= 11 is 7.39. The van der Waals surface area contributed by atoms with E-state index in [2.05, 4.69) is 38.5 Å². The normalized spacial score (nSPS) is 11.3. The van der Waals surface area contributed by atoms with Crippen LogP contribution in [0, 0.1) is 3.57 Å². The third-order valence-electron chi connectivity index (χ3n) is 4.41. The zero-order valence-corrected chi connectivity index (χ0v) is 19.2. The number of benzene rings is 3. The van der Waals surface area contributed by atoms with Crippen molar-refractivity contribution in [2.75, 3.05) is 5.32 Å². The van der Waals surface area contributed by atoms with Gasteiger partial charge in [-0.15, -0.1) is 0 Å². The van der Waals surface area contributed by atoms with E-state index in [0.717, 1.165) is 9.13 Å². The lowest BCUT2D eigenvalue weighted by molar-refractivity contribution is 0.0939. The molecule has 0 aliphatic heterocycles. The molecule has 3 aromatic rings. The molecule has 2 amide bonds. The van der Waals surface area contributed by atoms with Crippen LogP contribution in [0.2, 0.25) is 0 Å². The Morgan fingerprint density at radius 1 is 0.833 bits per heavy atom. The molecule has 0 aliphatic rings. The van der Waals surface area contributed by atoms with Gasteiger partial charge in [-0.3, -0.25) is 14.9 Å². The first-order valence-electron chi connectivity index (χ1n) is 9.27. The Balaban J connectivity index is 1.69. The van der Waals surface area contributed by atoms with Crippen molar-refractivity contribution in [3.63, 3.8) is 0 Å². The molecule has 3 aromatic carbocycles. The average molecular weight is 529 g/mol. The second-order valence-corrected chi connectivity index (χ2v) is 8.11. The van der Waals surface area contributed by atoms with E-state index in [-0.39, 0.29) is 23.0 Å². The summed E-state index contributed by atoms with van der Waals surface area (Å²) in [7, 11) is 0. The van der Waals surface area contributed by atoms with Crippen molar-refractivity contribution >= 4 is 57.4 Å². The predicted octanol–water partition coefficient (Wildman–Crippen LogP) is 4.91. The molecule has 3 rings (SSSR count). The maximum Gasteiger partial charge on any atom is 0.258 e. The van der Waals surface area contributed by atoms with Gasteiger partial charge in [-0.2, -0.15) is 0 Å². The number of hydrogen-bond acceptors (Lipinski definition) is 3. The molecule has 1 atom stereocenters. The van der Waals surface area contributed by atoms with Crippen LogP contribution in [0.15, 0.2) is 78.9 Å². The fourth-order valence-electron chi connectivity index (χ4n) is 2.86.